The molecule has 1 unspecified atom stereocenters. The zero-order valence-corrected chi connectivity index (χ0v) is 26.1. The average molecular weight is 578 g/mol. The molecule has 8 rings (SSSR count). The fraction of sp³-hybridized carbons (Fsp3) is 0.268. The molecule has 0 N–H and O–H groups in total. The molecule has 0 radical (unpaired) electrons. The van der Waals surface area contributed by atoms with Crippen molar-refractivity contribution in [2.75, 3.05) is 19.0 Å². The van der Waals surface area contributed by atoms with E-state index in [1.54, 1.807) is 11.1 Å². The van der Waals surface area contributed by atoms with Crippen LogP contribution in [0.2, 0.25) is 0 Å². The summed E-state index contributed by atoms with van der Waals surface area (Å²) in [6, 6.07) is 39.0. The molecule has 1 atom stereocenters. The maximum absolute atomic E-state index is 2.52. The van der Waals surface area contributed by atoms with Crippen LogP contribution in [0.4, 0.5) is 5.69 Å². The van der Waals surface area contributed by atoms with E-state index in [1.165, 1.54) is 94.1 Å². The first kappa shape index (κ1) is 26.8. The summed E-state index contributed by atoms with van der Waals surface area (Å²) in [5, 5.41) is 2.80. The van der Waals surface area contributed by atoms with Gasteiger partial charge in [-0.05, 0) is 74.7 Å². The molecule has 0 saturated heterocycles. The van der Waals surface area contributed by atoms with Gasteiger partial charge in [-0.25, -0.2) is 0 Å². The summed E-state index contributed by atoms with van der Waals surface area (Å²) in [7, 11) is 4.23. The Bertz CT molecular complexity index is 1840. The Balaban J connectivity index is 1.42. The second-order valence-corrected chi connectivity index (χ2v) is 14.2. The monoisotopic (exact) mass is 577 g/mol. The van der Waals surface area contributed by atoms with Gasteiger partial charge in [0.25, 0.3) is 0 Å². The third kappa shape index (κ3) is 4.06. The number of rotatable bonds is 3. The van der Waals surface area contributed by atoms with Crippen molar-refractivity contribution in [3.63, 3.8) is 0 Å². The van der Waals surface area contributed by atoms with Crippen molar-refractivity contribution >= 4 is 34.3 Å². The van der Waals surface area contributed by atoms with Crippen molar-refractivity contribution < 1.29 is 0 Å². The number of benzene rings is 5. The molecule has 1 spiro atoms. The quantitative estimate of drug-likeness (QED) is 0.210. The highest BCUT2D eigenvalue weighted by Crippen LogP contribution is 2.63. The van der Waals surface area contributed by atoms with Gasteiger partial charge < -0.3 is 4.90 Å². The first-order valence-corrected chi connectivity index (χ1v) is 16.8. The van der Waals surface area contributed by atoms with Gasteiger partial charge in [0.15, 0.2) is 0 Å². The largest absolute Gasteiger partial charge is 0.378 e. The van der Waals surface area contributed by atoms with Gasteiger partial charge in [-0.3, -0.25) is 0 Å². The molecule has 1 aliphatic heterocycles. The van der Waals surface area contributed by atoms with Crippen LogP contribution in [0.1, 0.15) is 72.8 Å². The molecule has 0 amide bonds. The van der Waals surface area contributed by atoms with Gasteiger partial charge >= 0.3 is 0 Å². The lowest BCUT2D eigenvalue weighted by Gasteiger charge is -2.39. The van der Waals surface area contributed by atoms with E-state index in [2.05, 4.69) is 146 Å². The van der Waals surface area contributed by atoms with Crippen molar-refractivity contribution in [3.8, 4) is 11.1 Å². The summed E-state index contributed by atoms with van der Waals surface area (Å²) in [5.41, 5.74) is 11.6. The van der Waals surface area contributed by atoms with Gasteiger partial charge in [-0.15, -0.1) is 11.8 Å². The third-order valence-corrected chi connectivity index (χ3v) is 11.9. The summed E-state index contributed by atoms with van der Waals surface area (Å²) in [6.07, 6.45) is 14.2. The molecule has 5 aromatic carbocycles. The van der Waals surface area contributed by atoms with Crippen LogP contribution in [0, 0.1) is 0 Å². The average Bonchev–Trinajstić information content (AvgIpc) is 3.34. The summed E-state index contributed by atoms with van der Waals surface area (Å²) < 4.78 is -0.310. The third-order valence-electron chi connectivity index (χ3n) is 10.4. The standard InChI is InChI=1S/C41H39NS/c1-42(2)31-23-21-30(22-24-31)41(29-15-7-6-8-16-29)28-25-35-38-37(32-17-9-10-18-33(32)39(35)43-41)34-19-11-12-20-36(34)40(38)26-13-4-3-5-14-27-40/h6-12,15-25,28H,3-5,13-14,26-27H2,1-2H3. The molecule has 1 fully saturated rings. The van der Waals surface area contributed by atoms with Crippen LogP contribution in [0.3, 0.4) is 0 Å². The molecule has 3 aliphatic rings. The molecule has 0 bridgehead atoms. The molecule has 5 aromatic rings. The van der Waals surface area contributed by atoms with Crippen LogP contribution < -0.4 is 4.90 Å². The molecule has 1 nitrogen and oxygen atoms in total. The Morgan fingerprint density at radius 1 is 0.628 bits per heavy atom. The maximum atomic E-state index is 2.52. The van der Waals surface area contributed by atoms with Crippen molar-refractivity contribution in [1.29, 1.82) is 0 Å². The molecule has 214 valence electrons. The molecular weight excluding hydrogens is 539 g/mol. The minimum absolute atomic E-state index is 0.0888. The van der Waals surface area contributed by atoms with Gasteiger partial charge in [0, 0.05) is 30.1 Å². The van der Waals surface area contributed by atoms with Crippen molar-refractivity contribution in [2.45, 2.75) is 60.0 Å². The Hall–Kier alpha value is -3.75. The fourth-order valence-electron chi connectivity index (χ4n) is 8.32. The molecule has 1 saturated carbocycles. The first-order valence-electron chi connectivity index (χ1n) is 16.0. The lowest BCUT2D eigenvalue weighted by molar-refractivity contribution is 0.372. The van der Waals surface area contributed by atoms with Crippen LogP contribution in [0.25, 0.3) is 28.0 Å². The highest BCUT2D eigenvalue weighted by molar-refractivity contribution is 8.01. The molecule has 43 heavy (non-hydrogen) atoms. The molecule has 2 aliphatic carbocycles. The van der Waals surface area contributed by atoms with E-state index < -0.39 is 0 Å². The van der Waals surface area contributed by atoms with Crippen LogP contribution in [0.15, 0.2) is 114 Å². The second kappa shape index (κ2) is 10.5. The summed E-state index contributed by atoms with van der Waals surface area (Å²) in [4.78, 5) is 3.62. The van der Waals surface area contributed by atoms with Crippen molar-refractivity contribution in [1.82, 2.24) is 0 Å². The van der Waals surface area contributed by atoms with Crippen LogP contribution in [0.5, 0.6) is 0 Å². The predicted molar refractivity (Wildman–Crippen MR) is 185 cm³/mol. The van der Waals surface area contributed by atoms with Gasteiger partial charge in [0.05, 0.1) is 4.75 Å². The minimum Gasteiger partial charge on any atom is -0.378 e. The van der Waals surface area contributed by atoms with E-state index in [9.17, 15) is 0 Å². The minimum atomic E-state index is -0.310. The number of fused-ring (bicyclic) bond motifs is 10. The SMILES string of the molecule is CN(C)c1ccc(C2(c3ccccc3)C=Cc3c4c(c5ccccc5c3S2)-c2ccccc2C42CCCCCCC2)cc1. The number of anilines is 1. The highest BCUT2D eigenvalue weighted by atomic mass is 32.2. The van der Waals surface area contributed by atoms with Crippen molar-refractivity contribution in [2.24, 2.45) is 0 Å². The van der Waals surface area contributed by atoms with E-state index in [-0.39, 0.29) is 10.2 Å². The maximum Gasteiger partial charge on any atom is 0.0888 e. The Kier molecular flexibility index (Phi) is 6.53. The number of thioether (sulfide) groups is 1. The van der Waals surface area contributed by atoms with Crippen LogP contribution >= 0.6 is 11.8 Å². The number of hydrogen-bond acceptors (Lipinski definition) is 2. The van der Waals surface area contributed by atoms with E-state index >= 15 is 0 Å². The zero-order valence-electron chi connectivity index (χ0n) is 25.3. The van der Waals surface area contributed by atoms with E-state index in [0.29, 0.717) is 0 Å². The lowest BCUT2D eigenvalue weighted by atomic mass is 9.68. The fourth-order valence-corrected chi connectivity index (χ4v) is 9.85. The smallest absolute Gasteiger partial charge is 0.0888 e. The molecule has 1 heterocycles. The van der Waals surface area contributed by atoms with Gasteiger partial charge in [0.2, 0.25) is 0 Å². The summed E-state index contributed by atoms with van der Waals surface area (Å²) in [5.74, 6) is 0. The van der Waals surface area contributed by atoms with Gasteiger partial charge in [0.1, 0.15) is 0 Å². The Labute approximate surface area is 260 Å². The zero-order chi connectivity index (χ0) is 29.0. The van der Waals surface area contributed by atoms with E-state index in [1.807, 2.05) is 0 Å². The second-order valence-electron chi connectivity index (χ2n) is 12.9. The molecular formula is C41H39NS. The summed E-state index contributed by atoms with van der Waals surface area (Å²) >= 11 is 2.06. The lowest BCUT2D eigenvalue weighted by Crippen LogP contribution is -2.29. The van der Waals surface area contributed by atoms with Crippen molar-refractivity contribution in [3.05, 3.63) is 137 Å². The first-order chi connectivity index (χ1) is 21.1. The van der Waals surface area contributed by atoms with Gasteiger partial charge in [-0.1, -0.05) is 135 Å². The normalized spacial score (nSPS) is 20.2. The Morgan fingerprint density at radius 2 is 1.26 bits per heavy atom. The van der Waals surface area contributed by atoms with E-state index in [0.717, 1.165) is 0 Å². The van der Waals surface area contributed by atoms with Crippen LogP contribution in [-0.4, -0.2) is 14.1 Å². The highest BCUT2D eigenvalue weighted by Gasteiger charge is 2.47. The van der Waals surface area contributed by atoms with E-state index in [4.69, 9.17) is 0 Å². The van der Waals surface area contributed by atoms with Gasteiger partial charge in [-0.2, -0.15) is 0 Å². The Morgan fingerprint density at radius 3 is 2.00 bits per heavy atom. The molecule has 0 aromatic heterocycles. The predicted octanol–water partition coefficient (Wildman–Crippen LogP) is 11.0. The number of nitrogens with zero attached hydrogens (tertiary/aromatic N) is 1. The number of hydrogen-bond donors (Lipinski definition) is 0. The molecule has 2 heteroatoms. The summed E-state index contributed by atoms with van der Waals surface area (Å²) in [6.45, 7) is 0. The van der Waals surface area contributed by atoms with Crippen LogP contribution in [-0.2, 0) is 10.2 Å². The topological polar surface area (TPSA) is 3.24 Å².